The van der Waals surface area contributed by atoms with Crippen molar-refractivity contribution < 1.29 is 32.3 Å². The summed E-state index contributed by atoms with van der Waals surface area (Å²) in [4.78, 5) is 51.8. The van der Waals surface area contributed by atoms with Gasteiger partial charge in [-0.25, -0.2) is 31.9 Å². The molecule has 2 atom stereocenters. The molecule has 2 aromatic carbocycles. The van der Waals surface area contributed by atoms with Crippen LogP contribution in [-0.2, 0) is 30.9 Å². The molecule has 0 bridgehead atoms. The number of rotatable bonds is 9. The number of carbonyl (C=O) groups excluding carboxylic acids is 3. The molecule has 0 aliphatic carbocycles. The second-order valence-corrected chi connectivity index (χ2v) is 14.4. The second kappa shape index (κ2) is 13.5. The molecule has 248 valence electrons. The number of ketones is 1. The third-order valence-electron chi connectivity index (χ3n) is 7.97. The molecule has 0 spiro atoms. The number of nitrogens with zero attached hydrogens (tertiary/aromatic N) is 5. The number of likely N-dealkylation sites (tertiary alicyclic amines) is 1. The number of ether oxygens (including phenoxy) is 2. The Kier molecular flexibility index (Phi) is 9.66. The van der Waals surface area contributed by atoms with E-state index in [0.717, 1.165) is 20.0 Å². The number of Topliss-reactive ketones (excluding diaryl/α,β-unsaturated/α-hetero) is 1. The first kappa shape index (κ1) is 33.6. The predicted molar refractivity (Wildman–Crippen MR) is 175 cm³/mol. The minimum absolute atomic E-state index is 0.0238. The topological polar surface area (TPSA) is 141 Å². The van der Waals surface area contributed by atoms with E-state index < -0.39 is 33.7 Å². The van der Waals surface area contributed by atoms with E-state index in [-0.39, 0.29) is 53.3 Å². The summed E-state index contributed by atoms with van der Waals surface area (Å²) in [6.45, 7) is 9.17. The first-order valence-electron chi connectivity index (χ1n) is 15.4. The molecule has 1 fully saturated rings. The molecule has 0 radical (unpaired) electrons. The number of benzene rings is 2. The largest absolute Gasteiger partial charge is 0.445 e. The van der Waals surface area contributed by atoms with Gasteiger partial charge in [-0.15, -0.1) is 0 Å². The molecule has 1 saturated heterocycles. The SMILES string of the molecule is CC[C@@H]1CN(C(=O)OCc2ccccc2)CC1C(=O)CN(C(=O)OC(C)(C)C)c1cnc2c(ccn2S(=O)(=O)c2ccc(C)cc2)n1. The molecule has 12 nitrogen and oxygen atoms in total. The molecule has 4 aromatic rings. The quantitative estimate of drug-likeness (QED) is 0.225. The van der Waals surface area contributed by atoms with Gasteiger partial charge in [-0.3, -0.25) is 9.69 Å². The zero-order valence-corrected chi connectivity index (χ0v) is 27.9. The zero-order valence-electron chi connectivity index (χ0n) is 27.1. The Balaban J connectivity index is 1.38. The summed E-state index contributed by atoms with van der Waals surface area (Å²) in [7, 11) is -3.97. The van der Waals surface area contributed by atoms with Gasteiger partial charge < -0.3 is 14.4 Å². The van der Waals surface area contributed by atoms with E-state index in [0.29, 0.717) is 13.0 Å². The molecule has 0 N–H and O–H groups in total. The fourth-order valence-electron chi connectivity index (χ4n) is 5.46. The van der Waals surface area contributed by atoms with E-state index >= 15 is 0 Å². The van der Waals surface area contributed by atoms with Gasteiger partial charge in [-0.2, -0.15) is 0 Å². The molecule has 1 aliphatic rings. The number of carbonyl (C=O) groups is 3. The van der Waals surface area contributed by atoms with Crippen molar-refractivity contribution in [3.8, 4) is 0 Å². The maximum absolute atomic E-state index is 13.8. The summed E-state index contributed by atoms with van der Waals surface area (Å²) < 4.78 is 38.9. The van der Waals surface area contributed by atoms with Gasteiger partial charge in [0.1, 0.15) is 17.7 Å². The summed E-state index contributed by atoms with van der Waals surface area (Å²) in [5, 5.41) is 0. The van der Waals surface area contributed by atoms with Gasteiger partial charge in [0.15, 0.2) is 17.2 Å². The van der Waals surface area contributed by atoms with Crippen LogP contribution in [0.5, 0.6) is 0 Å². The zero-order chi connectivity index (χ0) is 33.9. The molecule has 2 amide bonds. The van der Waals surface area contributed by atoms with Crippen LogP contribution in [0.15, 0.2) is 78.0 Å². The van der Waals surface area contributed by atoms with Crippen LogP contribution in [-0.4, -0.2) is 70.5 Å². The van der Waals surface area contributed by atoms with E-state index in [2.05, 4.69) is 9.97 Å². The second-order valence-electron chi connectivity index (χ2n) is 12.6. The number of anilines is 1. The molecule has 13 heteroatoms. The van der Waals surface area contributed by atoms with E-state index in [1.807, 2.05) is 44.2 Å². The summed E-state index contributed by atoms with van der Waals surface area (Å²) >= 11 is 0. The van der Waals surface area contributed by atoms with Crippen molar-refractivity contribution in [1.29, 1.82) is 0 Å². The molecule has 5 rings (SSSR count). The number of aromatic nitrogens is 3. The van der Waals surface area contributed by atoms with Gasteiger partial charge in [0.25, 0.3) is 10.0 Å². The highest BCUT2D eigenvalue weighted by atomic mass is 32.2. The van der Waals surface area contributed by atoms with Crippen molar-refractivity contribution in [2.45, 2.75) is 58.1 Å². The van der Waals surface area contributed by atoms with Crippen molar-refractivity contribution in [2.75, 3.05) is 24.5 Å². The van der Waals surface area contributed by atoms with E-state index in [9.17, 15) is 22.8 Å². The summed E-state index contributed by atoms with van der Waals surface area (Å²) in [5.41, 5.74) is 1.17. The standard InChI is InChI=1S/C34H39N5O7S/c1-6-25-19-37(32(41)45-22-24-10-8-7-9-11-24)20-27(25)29(40)21-38(33(42)46-34(3,4)5)30-18-35-31-28(36-30)16-17-39(31)47(43,44)26-14-12-23(2)13-15-26/h7-18,25,27H,6,19-22H2,1-5H3/t25-,27?/m1/s1. The molecule has 2 aromatic heterocycles. The highest BCUT2D eigenvalue weighted by molar-refractivity contribution is 7.90. The third kappa shape index (κ3) is 7.62. The minimum Gasteiger partial charge on any atom is -0.445 e. The molecule has 1 unspecified atom stereocenters. The van der Waals surface area contributed by atoms with Crippen molar-refractivity contribution in [2.24, 2.45) is 11.8 Å². The molecular weight excluding hydrogens is 622 g/mol. The molecular formula is C34H39N5O7S. The normalized spacial score (nSPS) is 16.7. The van der Waals surface area contributed by atoms with Crippen molar-refractivity contribution in [3.63, 3.8) is 0 Å². The monoisotopic (exact) mass is 661 g/mol. The van der Waals surface area contributed by atoms with E-state index in [1.54, 1.807) is 32.9 Å². The molecule has 3 heterocycles. The van der Waals surface area contributed by atoms with Crippen molar-refractivity contribution in [3.05, 3.63) is 84.2 Å². The average molecular weight is 662 g/mol. The van der Waals surface area contributed by atoms with Gasteiger partial charge in [0.2, 0.25) is 0 Å². The molecule has 0 saturated carbocycles. The lowest BCUT2D eigenvalue weighted by molar-refractivity contribution is -0.122. The maximum Gasteiger partial charge on any atom is 0.416 e. The number of aryl methyl sites for hydroxylation is 1. The Morgan fingerprint density at radius 2 is 1.70 bits per heavy atom. The molecule has 47 heavy (non-hydrogen) atoms. The lowest BCUT2D eigenvalue weighted by atomic mass is 9.90. The Hall–Kier alpha value is -4.78. The Morgan fingerprint density at radius 3 is 2.36 bits per heavy atom. The fourth-order valence-corrected chi connectivity index (χ4v) is 6.76. The Bertz CT molecular complexity index is 1870. The fraction of sp³-hybridized carbons (Fsp3) is 0.382. The average Bonchev–Trinajstić information content (AvgIpc) is 3.67. The van der Waals surface area contributed by atoms with E-state index in [1.165, 1.54) is 35.5 Å². The van der Waals surface area contributed by atoms with Crippen molar-refractivity contribution >= 4 is 45.0 Å². The van der Waals surface area contributed by atoms with Crippen LogP contribution in [0.4, 0.5) is 15.4 Å². The van der Waals surface area contributed by atoms with Crippen molar-refractivity contribution in [1.82, 2.24) is 18.8 Å². The Labute approximate surface area is 274 Å². The smallest absolute Gasteiger partial charge is 0.416 e. The summed E-state index contributed by atoms with van der Waals surface area (Å²) in [6.07, 6.45) is 1.92. The third-order valence-corrected chi connectivity index (χ3v) is 9.65. The minimum atomic E-state index is -3.97. The van der Waals surface area contributed by atoms with Crippen LogP contribution in [0, 0.1) is 18.8 Å². The Morgan fingerprint density at radius 1 is 1.00 bits per heavy atom. The van der Waals surface area contributed by atoms with Gasteiger partial charge in [0.05, 0.1) is 17.6 Å². The summed E-state index contributed by atoms with van der Waals surface area (Å²) in [5.74, 6) is -0.938. The van der Waals surface area contributed by atoms with Crippen LogP contribution in [0.3, 0.4) is 0 Å². The van der Waals surface area contributed by atoms with Gasteiger partial charge in [-0.1, -0.05) is 61.4 Å². The summed E-state index contributed by atoms with van der Waals surface area (Å²) in [6, 6.07) is 17.3. The lowest BCUT2D eigenvalue weighted by Gasteiger charge is -2.27. The van der Waals surface area contributed by atoms with Gasteiger partial charge >= 0.3 is 12.2 Å². The van der Waals surface area contributed by atoms with Crippen LogP contribution in [0.25, 0.3) is 11.2 Å². The van der Waals surface area contributed by atoms with Crippen LogP contribution in [0.1, 0.15) is 45.2 Å². The van der Waals surface area contributed by atoms with E-state index in [4.69, 9.17) is 9.47 Å². The van der Waals surface area contributed by atoms with Crippen LogP contribution in [0.2, 0.25) is 0 Å². The number of fused-ring (bicyclic) bond motifs is 1. The van der Waals surface area contributed by atoms with Gasteiger partial charge in [-0.05, 0) is 57.4 Å². The predicted octanol–water partition coefficient (Wildman–Crippen LogP) is 5.58. The highest BCUT2D eigenvalue weighted by Crippen LogP contribution is 2.29. The lowest BCUT2D eigenvalue weighted by Crippen LogP contribution is -2.43. The maximum atomic E-state index is 13.8. The van der Waals surface area contributed by atoms with Crippen LogP contribution < -0.4 is 4.90 Å². The first-order valence-corrected chi connectivity index (χ1v) is 16.9. The van der Waals surface area contributed by atoms with Gasteiger partial charge in [0, 0.05) is 25.2 Å². The molecule has 1 aliphatic heterocycles. The number of hydrogen-bond acceptors (Lipinski definition) is 9. The number of amides is 2. The number of hydrogen-bond donors (Lipinski definition) is 0. The van der Waals surface area contributed by atoms with Crippen LogP contribution >= 0.6 is 0 Å². The highest BCUT2D eigenvalue weighted by Gasteiger charge is 2.40. The first-order chi connectivity index (χ1) is 22.3.